The molecule has 1 atom stereocenters. The molecule has 0 aliphatic rings. The van der Waals surface area contributed by atoms with E-state index >= 15 is 0 Å². The molecule has 6 nitrogen and oxygen atoms in total. The molecule has 0 spiro atoms. The van der Waals surface area contributed by atoms with E-state index in [-0.39, 0.29) is 17.9 Å². The largest absolute Gasteiger partial charge is 0.464 e. The molecule has 106 valence electrons. The number of nitrogens with one attached hydrogen (secondary N) is 1. The van der Waals surface area contributed by atoms with E-state index in [1.165, 1.54) is 12.5 Å². The van der Waals surface area contributed by atoms with Crippen molar-refractivity contribution < 1.29 is 14.7 Å². The summed E-state index contributed by atoms with van der Waals surface area (Å²) in [6.07, 6.45) is 2.05. The first-order valence-corrected chi connectivity index (χ1v) is 7.02. The SMILES string of the molecule is C[C@H](Cc1cn(C(=O)O)cn1)NC(=O)C(CS)CS. The number of hydrogen-bond acceptors (Lipinski definition) is 5. The number of carbonyl (C=O) groups excluding carboxylic acids is 1. The Kier molecular flexibility index (Phi) is 6.23. The predicted octanol–water partition coefficient (Wildman–Crippen LogP) is 0.932. The van der Waals surface area contributed by atoms with Crippen molar-refractivity contribution in [1.29, 1.82) is 0 Å². The van der Waals surface area contributed by atoms with Crippen LogP contribution in [0.15, 0.2) is 12.5 Å². The molecule has 1 aromatic rings. The monoisotopic (exact) mass is 303 g/mol. The van der Waals surface area contributed by atoms with Gasteiger partial charge in [0.15, 0.2) is 0 Å². The van der Waals surface area contributed by atoms with Crippen molar-refractivity contribution in [2.45, 2.75) is 19.4 Å². The van der Waals surface area contributed by atoms with Gasteiger partial charge in [-0.05, 0) is 6.92 Å². The van der Waals surface area contributed by atoms with Crippen LogP contribution in [0, 0.1) is 5.92 Å². The number of rotatable bonds is 6. The van der Waals surface area contributed by atoms with Gasteiger partial charge in [0.2, 0.25) is 5.91 Å². The lowest BCUT2D eigenvalue weighted by Crippen LogP contribution is -2.39. The van der Waals surface area contributed by atoms with E-state index in [4.69, 9.17) is 5.11 Å². The van der Waals surface area contributed by atoms with Gasteiger partial charge in [0.25, 0.3) is 0 Å². The Balaban J connectivity index is 2.52. The molecule has 0 saturated heterocycles. The van der Waals surface area contributed by atoms with Crippen LogP contribution >= 0.6 is 25.3 Å². The Morgan fingerprint density at radius 1 is 1.47 bits per heavy atom. The van der Waals surface area contributed by atoms with E-state index < -0.39 is 6.09 Å². The number of carboxylic acid groups (broad SMARTS) is 1. The molecule has 0 bridgehead atoms. The van der Waals surface area contributed by atoms with E-state index in [9.17, 15) is 9.59 Å². The number of amides is 1. The average Bonchev–Trinajstić information content (AvgIpc) is 2.78. The molecule has 0 fully saturated rings. The summed E-state index contributed by atoms with van der Waals surface area (Å²) in [5.41, 5.74) is 0.614. The van der Waals surface area contributed by atoms with Gasteiger partial charge in [0.1, 0.15) is 6.33 Å². The second kappa shape index (κ2) is 7.44. The van der Waals surface area contributed by atoms with Gasteiger partial charge >= 0.3 is 6.09 Å². The highest BCUT2D eigenvalue weighted by Gasteiger charge is 2.17. The zero-order chi connectivity index (χ0) is 14.4. The summed E-state index contributed by atoms with van der Waals surface area (Å²) in [4.78, 5) is 26.4. The second-order valence-corrected chi connectivity index (χ2v) is 4.96. The molecule has 0 aromatic carbocycles. The fourth-order valence-corrected chi connectivity index (χ4v) is 2.32. The van der Waals surface area contributed by atoms with Gasteiger partial charge < -0.3 is 10.4 Å². The Morgan fingerprint density at radius 3 is 2.58 bits per heavy atom. The third-order valence-electron chi connectivity index (χ3n) is 2.57. The van der Waals surface area contributed by atoms with Gasteiger partial charge in [-0.25, -0.2) is 14.3 Å². The molecular formula is C11H17N3O3S2. The zero-order valence-corrected chi connectivity index (χ0v) is 12.3. The third-order valence-corrected chi connectivity index (χ3v) is 3.45. The molecule has 0 aliphatic heterocycles. The number of hydrogen-bond donors (Lipinski definition) is 4. The van der Waals surface area contributed by atoms with Crippen LogP contribution in [-0.2, 0) is 11.2 Å². The van der Waals surface area contributed by atoms with Crippen LogP contribution in [0.5, 0.6) is 0 Å². The molecule has 1 aromatic heterocycles. The molecule has 0 saturated carbocycles. The Bertz CT molecular complexity index is 446. The van der Waals surface area contributed by atoms with Crippen molar-refractivity contribution in [3.05, 3.63) is 18.2 Å². The van der Waals surface area contributed by atoms with Crippen molar-refractivity contribution >= 4 is 37.3 Å². The maximum atomic E-state index is 11.8. The molecule has 8 heteroatoms. The van der Waals surface area contributed by atoms with Crippen LogP contribution in [-0.4, -0.2) is 44.2 Å². The van der Waals surface area contributed by atoms with Crippen LogP contribution in [0.25, 0.3) is 0 Å². The summed E-state index contributed by atoms with van der Waals surface area (Å²) in [6, 6.07) is -0.132. The lowest BCUT2D eigenvalue weighted by Gasteiger charge is -2.17. The van der Waals surface area contributed by atoms with Gasteiger partial charge in [-0.15, -0.1) is 0 Å². The van der Waals surface area contributed by atoms with Gasteiger partial charge in [0.05, 0.1) is 11.6 Å². The van der Waals surface area contributed by atoms with E-state index in [2.05, 4.69) is 35.6 Å². The van der Waals surface area contributed by atoms with Crippen molar-refractivity contribution in [1.82, 2.24) is 14.9 Å². The number of carbonyl (C=O) groups is 2. The predicted molar refractivity (Wildman–Crippen MR) is 78.2 cm³/mol. The summed E-state index contributed by atoms with van der Waals surface area (Å²) in [5, 5.41) is 11.6. The van der Waals surface area contributed by atoms with E-state index in [1.54, 1.807) is 0 Å². The smallest absolute Gasteiger partial charge is 0.416 e. The lowest BCUT2D eigenvalue weighted by molar-refractivity contribution is -0.124. The quantitative estimate of drug-likeness (QED) is 0.589. The Hall–Kier alpha value is -1.15. The molecule has 19 heavy (non-hydrogen) atoms. The van der Waals surface area contributed by atoms with Crippen molar-refractivity contribution in [3.8, 4) is 0 Å². The molecule has 0 radical (unpaired) electrons. The van der Waals surface area contributed by atoms with Crippen molar-refractivity contribution in [3.63, 3.8) is 0 Å². The highest BCUT2D eigenvalue weighted by Crippen LogP contribution is 2.05. The van der Waals surface area contributed by atoms with Gasteiger partial charge in [-0.1, -0.05) is 0 Å². The first kappa shape index (κ1) is 15.9. The van der Waals surface area contributed by atoms with Crippen LogP contribution in [0.4, 0.5) is 4.79 Å². The highest BCUT2D eigenvalue weighted by atomic mass is 32.1. The van der Waals surface area contributed by atoms with Gasteiger partial charge in [-0.2, -0.15) is 25.3 Å². The van der Waals surface area contributed by atoms with Gasteiger partial charge in [0, 0.05) is 30.2 Å². The highest BCUT2D eigenvalue weighted by molar-refractivity contribution is 7.81. The zero-order valence-electron chi connectivity index (χ0n) is 10.5. The van der Waals surface area contributed by atoms with Crippen LogP contribution in [0.3, 0.4) is 0 Å². The standard InChI is InChI=1S/C11H17N3O3S2/c1-7(13-10(15)8(4-18)5-19)2-9-3-14(6-12-9)11(16)17/h3,6-8,18-19H,2,4-5H2,1H3,(H,13,15)(H,16,17)/t7-/m1/s1. The maximum absolute atomic E-state index is 11.8. The van der Waals surface area contributed by atoms with E-state index in [0.29, 0.717) is 23.6 Å². The molecule has 1 rings (SSSR count). The number of thiol groups is 2. The molecule has 0 aliphatic carbocycles. The molecular weight excluding hydrogens is 286 g/mol. The summed E-state index contributed by atoms with van der Waals surface area (Å²) < 4.78 is 0.980. The second-order valence-electron chi connectivity index (χ2n) is 4.23. The molecule has 2 N–H and O–H groups in total. The fraction of sp³-hybridized carbons (Fsp3) is 0.545. The summed E-state index contributed by atoms with van der Waals surface area (Å²) in [6.45, 7) is 1.84. The average molecular weight is 303 g/mol. The first-order chi connectivity index (χ1) is 8.97. The van der Waals surface area contributed by atoms with Crippen molar-refractivity contribution in [2.75, 3.05) is 11.5 Å². The lowest BCUT2D eigenvalue weighted by atomic mass is 10.1. The minimum atomic E-state index is -1.08. The normalized spacial score (nSPS) is 12.4. The van der Waals surface area contributed by atoms with Crippen molar-refractivity contribution in [2.24, 2.45) is 5.92 Å². The first-order valence-electron chi connectivity index (χ1n) is 5.76. The fourth-order valence-electron chi connectivity index (χ4n) is 1.52. The molecule has 0 unspecified atom stereocenters. The van der Waals surface area contributed by atoms with Gasteiger partial charge in [-0.3, -0.25) is 4.79 Å². The summed E-state index contributed by atoms with van der Waals surface area (Å²) in [5.74, 6) is 0.548. The molecule has 1 amide bonds. The van der Waals surface area contributed by atoms with Crippen LogP contribution in [0.2, 0.25) is 0 Å². The third kappa shape index (κ3) is 4.79. The Morgan fingerprint density at radius 2 is 2.11 bits per heavy atom. The minimum absolute atomic E-state index is 0.102. The number of imidazole rings is 1. The van der Waals surface area contributed by atoms with E-state index in [1.807, 2.05) is 6.92 Å². The maximum Gasteiger partial charge on any atom is 0.416 e. The number of aromatic nitrogens is 2. The number of nitrogens with zero attached hydrogens (tertiary/aromatic N) is 2. The summed E-state index contributed by atoms with van der Waals surface area (Å²) >= 11 is 8.18. The van der Waals surface area contributed by atoms with Crippen LogP contribution < -0.4 is 5.32 Å². The Labute approximate surface area is 122 Å². The molecule has 1 heterocycles. The van der Waals surface area contributed by atoms with E-state index in [0.717, 1.165) is 4.57 Å². The minimum Gasteiger partial charge on any atom is -0.464 e. The topological polar surface area (TPSA) is 84.2 Å². The summed E-state index contributed by atoms with van der Waals surface area (Å²) in [7, 11) is 0. The van der Waals surface area contributed by atoms with Crippen LogP contribution in [0.1, 0.15) is 12.6 Å².